The van der Waals surface area contributed by atoms with Crippen molar-refractivity contribution in [3.8, 4) is 0 Å². The molecule has 102 valence electrons. The van der Waals surface area contributed by atoms with Gasteiger partial charge in [0.25, 0.3) is 0 Å². The second-order valence-electron chi connectivity index (χ2n) is 5.64. The summed E-state index contributed by atoms with van der Waals surface area (Å²) in [6, 6.07) is 4.44. The van der Waals surface area contributed by atoms with Crippen LogP contribution in [0.25, 0.3) is 0 Å². The number of benzene rings is 1. The topological polar surface area (TPSA) is 52.3 Å². The molecule has 1 aliphatic carbocycles. The van der Waals surface area contributed by atoms with E-state index in [0.717, 1.165) is 19.3 Å². The predicted octanol–water partition coefficient (Wildman–Crippen LogP) is 2.94. The van der Waals surface area contributed by atoms with Gasteiger partial charge in [0.2, 0.25) is 0 Å². The van der Waals surface area contributed by atoms with Crippen LogP contribution >= 0.6 is 0 Å². The van der Waals surface area contributed by atoms with E-state index in [2.05, 4.69) is 0 Å². The molecule has 1 saturated carbocycles. The van der Waals surface area contributed by atoms with Crippen LogP contribution in [-0.4, -0.2) is 18.0 Å². The number of carbonyl (C=O) groups excluding carboxylic acids is 1. The molecule has 0 amide bonds. The fraction of sp³-hybridized carbons (Fsp3) is 0.533. The van der Waals surface area contributed by atoms with Crippen LogP contribution in [0, 0.1) is 11.7 Å². The highest BCUT2D eigenvalue weighted by atomic mass is 19.1. The standard InChI is InChI=1S/C15H18FNO2/c16-12-4-1-3-11(13(12)17)14(18)10-5-8-19-15(9-10)6-2-7-15/h1,3-4,10H,2,5-9,17H2. The van der Waals surface area contributed by atoms with Crippen molar-refractivity contribution in [1.29, 1.82) is 0 Å². The Bertz CT molecular complexity index is 511. The molecule has 3 nitrogen and oxygen atoms in total. The van der Waals surface area contributed by atoms with Gasteiger partial charge < -0.3 is 10.5 Å². The number of ether oxygens (including phenoxy) is 1. The SMILES string of the molecule is Nc1c(F)cccc1C(=O)C1CCOC2(CCC2)C1. The first kappa shape index (κ1) is 12.6. The molecular weight excluding hydrogens is 245 g/mol. The van der Waals surface area contributed by atoms with E-state index in [4.69, 9.17) is 10.5 Å². The lowest BCUT2D eigenvalue weighted by molar-refractivity contribution is -0.137. The Morgan fingerprint density at radius 2 is 2.21 bits per heavy atom. The van der Waals surface area contributed by atoms with Gasteiger partial charge in [-0.05, 0) is 44.2 Å². The number of hydrogen-bond acceptors (Lipinski definition) is 3. The molecule has 1 heterocycles. The van der Waals surface area contributed by atoms with Gasteiger partial charge in [-0.25, -0.2) is 4.39 Å². The lowest BCUT2D eigenvalue weighted by atomic mass is 9.70. The normalized spacial score (nSPS) is 25.0. The largest absolute Gasteiger partial charge is 0.396 e. The van der Waals surface area contributed by atoms with Crippen LogP contribution in [0.15, 0.2) is 18.2 Å². The Balaban J connectivity index is 1.81. The highest BCUT2D eigenvalue weighted by molar-refractivity contribution is 6.02. The molecular formula is C15H18FNO2. The van der Waals surface area contributed by atoms with E-state index in [0.29, 0.717) is 18.6 Å². The van der Waals surface area contributed by atoms with Crippen molar-refractivity contribution in [3.05, 3.63) is 29.6 Å². The maximum absolute atomic E-state index is 13.4. The van der Waals surface area contributed by atoms with Crippen molar-refractivity contribution in [3.63, 3.8) is 0 Å². The van der Waals surface area contributed by atoms with Gasteiger partial charge in [-0.1, -0.05) is 6.07 Å². The average molecular weight is 263 g/mol. The van der Waals surface area contributed by atoms with Crippen LogP contribution in [0.2, 0.25) is 0 Å². The van der Waals surface area contributed by atoms with Gasteiger partial charge in [-0.15, -0.1) is 0 Å². The number of anilines is 1. The third-order valence-electron chi connectivity index (χ3n) is 4.45. The number of nitrogen functional groups attached to an aromatic ring is 1. The molecule has 3 rings (SSSR count). The fourth-order valence-corrected chi connectivity index (χ4v) is 3.14. The first-order valence-electron chi connectivity index (χ1n) is 6.83. The smallest absolute Gasteiger partial charge is 0.168 e. The molecule has 1 saturated heterocycles. The molecule has 1 aromatic rings. The predicted molar refractivity (Wildman–Crippen MR) is 70.4 cm³/mol. The summed E-state index contributed by atoms with van der Waals surface area (Å²) in [6.45, 7) is 0.617. The number of para-hydroxylation sites is 1. The fourth-order valence-electron chi connectivity index (χ4n) is 3.14. The lowest BCUT2D eigenvalue weighted by Crippen LogP contribution is -2.47. The minimum Gasteiger partial charge on any atom is -0.396 e. The minimum atomic E-state index is -0.517. The number of ketones is 1. The van der Waals surface area contributed by atoms with Crippen LogP contribution < -0.4 is 5.73 Å². The van der Waals surface area contributed by atoms with Crippen molar-refractivity contribution in [2.24, 2.45) is 5.92 Å². The average Bonchev–Trinajstić information content (AvgIpc) is 2.39. The zero-order valence-corrected chi connectivity index (χ0v) is 10.8. The third-order valence-corrected chi connectivity index (χ3v) is 4.45. The molecule has 2 N–H and O–H groups in total. The van der Waals surface area contributed by atoms with Crippen LogP contribution in [0.1, 0.15) is 42.5 Å². The lowest BCUT2D eigenvalue weighted by Gasteiger charge is -2.46. The summed E-state index contributed by atoms with van der Waals surface area (Å²) < 4.78 is 19.2. The van der Waals surface area contributed by atoms with E-state index in [-0.39, 0.29) is 23.0 Å². The first-order valence-corrected chi connectivity index (χ1v) is 6.83. The molecule has 0 aromatic heterocycles. The highest BCUT2D eigenvalue weighted by Gasteiger charge is 2.44. The summed E-state index contributed by atoms with van der Waals surface area (Å²) in [7, 11) is 0. The van der Waals surface area contributed by atoms with Gasteiger partial charge >= 0.3 is 0 Å². The molecule has 1 aromatic carbocycles. The van der Waals surface area contributed by atoms with E-state index in [1.165, 1.54) is 18.6 Å². The van der Waals surface area contributed by atoms with Crippen LogP contribution in [0.3, 0.4) is 0 Å². The van der Waals surface area contributed by atoms with Crippen LogP contribution in [0.5, 0.6) is 0 Å². The summed E-state index contributed by atoms with van der Waals surface area (Å²) in [4.78, 5) is 12.5. The zero-order chi connectivity index (χ0) is 13.5. The zero-order valence-electron chi connectivity index (χ0n) is 10.8. The Morgan fingerprint density at radius 3 is 2.89 bits per heavy atom. The van der Waals surface area contributed by atoms with E-state index >= 15 is 0 Å². The van der Waals surface area contributed by atoms with Gasteiger partial charge in [0.05, 0.1) is 11.3 Å². The first-order chi connectivity index (χ1) is 9.11. The van der Waals surface area contributed by atoms with Gasteiger partial charge in [-0.2, -0.15) is 0 Å². The monoisotopic (exact) mass is 263 g/mol. The second-order valence-corrected chi connectivity index (χ2v) is 5.64. The summed E-state index contributed by atoms with van der Waals surface area (Å²) in [5.74, 6) is -0.638. The number of Topliss-reactive ketones (excluding diaryl/α,β-unsaturated/α-hetero) is 1. The number of carbonyl (C=O) groups is 1. The van der Waals surface area contributed by atoms with Crippen LogP contribution in [-0.2, 0) is 4.74 Å². The van der Waals surface area contributed by atoms with Crippen molar-refractivity contribution in [2.75, 3.05) is 12.3 Å². The summed E-state index contributed by atoms with van der Waals surface area (Å²) in [6.07, 6.45) is 4.70. The molecule has 0 radical (unpaired) electrons. The Hall–Kier alpha value is -1.42. The molecule has 19 heavy (non-hydrogen) atoms. The van der Waals surface area contributed by atoms with Crippen LogP contribution in [0.4, 0.5) is 10.1 Å². The minimum absolute atomic E-state index is 0.0262. The number of nitrogens with two attached hydrogens (primary N) is 1. The van der Waals surface area contributed by atoms with Gasteiger partial charge in [0.1, 0.15) is 5.82 Å². The molecule has 2 fully saturated rings. The number of hydrogen-bond donors (Lipinski definition) is 1. The summed E-state index contributed by atoms with van der Waals surface area (Å²) in [5, 5.41) is 0. The second kappa shape index (κ2) is 4.60. The van der Waals surface area contributed by atoms with E-state index < -0.39 is 5.82 Å². The Kier molecular flexibility index (Phi) is 3.05. The quantitative estimate of drug-likeness (QED) is 0.659. The van der Waals surface area contributed by atoms with Crippen molar-refractivity contribution < 1.29 is 13.9 Å². The van der Waals surface area contributed by atoms with Crippen molar-refractivity contribution in [1.82, 2.24) is 0 Å². The molecule has 1 aliphatic heterocycles. The molecule has 0 bridgehead atoms. The third kappa shape index (κ3) is 2.14. The summed E-state index contributed by atoms with van der Waals surface area (Å²) in [5.41, 5.74) is 5.89. The Labute approximate surface area is 111 Å². The van der Waals surface area contributed by atoms with Gasteiger partial charge in [0, 0.05) is 18.1 Å². The molecule has 1 atom stereocenters. The Morgan fingerprint density at radius 1 is 1.42 bits per heavy atom. The van der Waals surface area contributed by atoms with E-state index in [1.54, 1.807) is 6.07 Å². The van der Waals surface area contributed by atoms with Gasteiger partial charge in [-0.3, -0.25) is 4.79 Å². The summed E-state index contributed by atoms with van der Waals surface area (Å²) >= 11 is 0. The molecule has 1 unspecified atom stereocenters. The molecule has 1 spiro atoms. The van der Waals surface area contributed by atoms with E-state index in [1.807, 2.05) is 0 Å². The molecule has 4 heteroatoms. The number of halogens is 1. The van der Waals surface area contributed by atoms with E-state index in [9.17, 15) is 9.18 Å². The van der Waals surface area contributed by atoms with Crippen molar-refractivity contribution >= 4 is 11.5 Å². The number of rotatable bonds is 2. The maximum atomic E-state index is 13.4. The van der Waals surface area contributed by atoms with Gasteiger partial charge in [0.15, 0.2) is 5.78 Å². The highest BCUT2D eigenvalue weighted by Crippen LogP contribution is 2.45. The molecule has 2 aliphatic rings. The maximum Gasteiger partial charge on any atom is 0.168 e. The van der Waals surface area contributed by atoms with Crippen molar-refractivity contribution in [2.45, 2.75) is 37.7 Å².